The number of phenols is 1. The van der Waals surface area contributed by atoms with Crippen molar-refractivity contribution in [3.05, 3.63) is 35.7 Å². The molecule has 2 heterocycles. The molecule has 0 atom stereocenters. The number of hydrogen-bond donors (Lipinski definition) is 2. The molecule has 0 unspecified atom stereocenters. The number of nitrogens with one attached hydrogen (secondary N) is 1. The van der Waals surface area contributed by atoms with Crippen molar-refractivity contribution >= 4 is 22.6 Å². The van der Waals surface area contributed by atoms with Gasteiger partial charge in [-0.05, 0) is 24.6 Å². The van der Waals surface area contributed by atoms with Crippen LogP contribution in [0.25, 0.3) is 0 Å². The number of aromatic nitrogens is 2. The number of guanidine groups is 1. The quantitative estimate of drug-likeness (QED) is 0.616. The molecule has 0 bridgehead atoms. The number of aryl methyl sites for hydroxylation is 1. The number of aromatic hydroxyl groups is 1. The molecule has 1 aromatic carbocycles. The van der Waals surface area contributed by atoms with Crippen molar-refractivity contribution in [2.24, 2.45) is 4.99 Å². The maximum Gasteiger partial charge on any atom is 0.205 e. The average Bonchev–Trinajstić information content (AvgIpc) is 3.16. The summed E-state index contributed by atoms with van der Waals surface area (Å²) in [6.45, 7) is 9.25. The fourth-order valence-corrected chi connectivity index (χ4v) is 3.62. The Morgan fingerprint density at radius 1 is 1.19 bits per heavy atom. The van der Waals surface area contributed by atoms with Gasteiger partial charge in [-0.3, -0.25) is 0 Å². The van der Waals surface area contributed by atoms with Gasteiger partial charge in [0, 0.05) is 50.7 Å². The molecule has 1 aliphatic heterocycles. The van der Waals surface area contributed by atoms with Crippen LogP contribution in [0.2, 0.25) is 0 Å². The minimum atomic E-state index is 0.281. The van der Waals surface area contributed by atoms with E-state index in [1.807, 2.05) is 12.1 Å². The Labute approximate surface area is 158 Å². The molecule has 0 amide bonds. The van der Waals surface area contributed by atoms with Crippen molar-refractivity contribution in [2.45, 2.75) is 26.8 Å². The van der Waals surface area contributed by atoms with E-state index >= 15 is 0 Å². The molecule has 1 fully saturated rings. The van der Waals surface area contributed by atoms with Crippen LogP contribution >= 0.6 is 11.5 Å². The molecule has 7 nitrogen and oxygen atoms in total. The molecule has 1 aliphatic rings. The highest BCUT2D eigenvalue weighted by molar-refractivity contribution is 7.09. The summed E-state index contributed by atoms with van der Waals surface area (Å²) in [4.78, 5) is 13.9. The average molecular weight is 375 g/mol. The van der Waals surface area contributed by atoms with Gasteiger partial charge in [-0.2, -0.15) is 4.37 Å². The summed E-state index contributed by atoms with van der Waals surface area (Å²) in [6, 6.07) is 7.20. The van der Waals surface area contributed by atoms with Gasteiger partial charge in [0.15, 0.2) is 5.96 Å². The van der Waals surface area contributed by atoms with Crippen LogP contribution in [0, 0.1) is 0 Å². The van der Waals surface area contributed by atoms with Gasteiger partial charge in [0.1, 0.15) is 11.6 Å². The van der Waals surface area contributed by atoms with Gasteiger partial charge >= 0.3 is 0 Å². The Morgan fingerprint density at radius 2 is 1.92 bits per heavy atom. The molecule has 3 rings (SSSR count). The van der Waals surface area contributed by atoms with Crippen molar-refractivity contribution in [3.8, 4) is 5.75 Å². The number of benzene rings is 1. The van der Waals surface area contributed by atoms with Gasteiger partial charge in [0.05, 0.1) is 6.54 Å². The standard InChI is InChI=1S/C18H26N6OS/c1-3-16-21-18(26-22-16)24-11-9-23(10-12-24)17(19-4-2)20-13-14-5-7-15(25)8-6-14/h5-8,25H,3-4,9-13H2,1-2H3,(H,19,20). The first-order valence-corrected chi connectivity index (χ1v) is 9.85. The van der Waals surface area contributed by atoms with E-state index in [2.05, 4.69) is 38.3 Å². The minimum Gasteiger partial charge on any atom is -0.508 e. The van der Waals surface area contributed by atoms with Crippen LogP contribution in [0.4, 0.5) is 5.13 Å². The van der Waals surface area contributed by atoms with E-state index in [4.69, 9.17) is 4.99 Å². The Balaban J connectivity index is 1.60. The lowest BCUT2D eigenvalue weighted by Crippen LogP contribution is -2.52. The molecule has 140 valence electrons. The second kappa shape index (κ2) is 8.84. The molecule has 8 heteroatoms. The minimum absolute atomic E-state index is 0.281. The molecule has 26 heavy (non-hydrogen) atoms. The highest BCUT2D eigenvalue weighted by Gasteiger charge is 2.22. The zero-order valence-corrected chi connectivity index (χ0v) is 16.2. The van der Waals surface area contributed by atoms with Gasteiger partial charge in [-0.15, -0.1) is 0 Å². The monoisotopic (exact) mass is 374 g/mol. The normalized spacial score (nSPS) is 15.4. The van der Waals surface area contributed by atoms with Crippen LogP contribution in [0.3, 0.4) is 0 Å². The van der Waals surface area contributed by atoms with Crippen molar-refractivity contribution in [3.63, 3.8) is 0 Å². The zero-order valence-electron chi connectivity index (χ0n) is 15.4. The summed E-state index contributed by atoms with van der Waals surface area (Å²) in [5.74, 6) is 2.15. The lowest BCUT2D eigenvalue weighted by Gasteiger charge is -2.36. The van der Waals surface area contributed by atoms with E-state index in [0.29, 0.717) is 6.54 Å². The summed E-state index contributed by atoms with van der Waals surface area (Å²) in [5.41, 5.74) is 1.08. The Kier molecular flexibility index (Phi) is 6.27. The molecular formula is C18H26N6OS. The molecule has 0 saturated carbocycles. The predicted octanol–water partition coefficient (Wildman–Crippen LogP) is 2.09. The number of anilines is 1. The number of phenolic OH excluding ortho intramolecular Hbond substituents is 1. The van der Waals surface area contributed by atoms with Crippen LogP contribution in [-0.4, -0.2) is 58.0 Å². The highest BCUT2D eigenvalue weighted by Crippen LogP contribution is 2.19. The molecule has 2 aromatic rings. The SMILES string of the molecule is CCNC(=NCc1ccc(O)cc1)N1CCN(c2nc(CC)ns2)CC1. The first kappa shape index (κ1) is 18.4. The van der Waals surface area contributed by atoms with Crippen molar-refractivity contribution in [1.82, 2.24) is 19.6 Å². The van der Waals surface area contributed by atoms with Crippen LogP contribution in [0.1, 0.15) is 25.2 Å². The van der Waals surface area contributed by atoms with Crippen molar-refractivity contribution in [1.29, 1.82) is 0 Å². The van der Waals surface area contributed by atoms with Gasteiger partial charge in [0.2, 0.25) is 5.13 Å². The van der Waals surface area contributed by atoms with Crippen LogP contribution in [-0.2, 0) is 13.0 Å². The summed E-state index contributed by atoms with van der Waals surface area (Å²) >= 11 is 1.49. The number of rotatable bonds is 5. The van der Waals surface area contributed by atoms with E-state index in [1.165, 1.54) is 11.5 Å². The van der Waals surface area contributed by atoms with E-state index in [1.54, 1.807) is 12.1 Å². The number of aliphatic imine (C=N–C) groups is 1. The Bertz CT molecular complexity index is 722. The Morgan fingerprint density at radius 3 is 2.54 bits per heavy atom. The lowest BCUT2D eigenvalue weighted by atomic mass is 10.2. The van der Waals surface area contributed by atoms with E-state index in [9.17, 15) is 5.11 Å². The van der Waals surface area contributed by atoms with E-state index in [0.717, 1.165) is 61.6 Å². The smallest absolute Gasteiger partial charge is 0.205 e. The maximum absolute atomic E-state index is 9.39. The van der Waals surface area contributed by atoms with Crippen LogP contribution in [0.5, 0.6) is 5.75 Å². The fourth-order valence-electron chi connectivity index (χ4n) is 2.82. The van der Waals surface area contributed by atoms with Gasteiger partial charge in [0.25, 0.3) is 0 Å². The summed E-state index contributed by atoms with van der Waals surface area (Å²) in [7, 11) is 0. The molecule has 0 aliphatic carbocycles. The molecule has 0 radical (unpaired) electrons. The first-order valence-electron chi connectivity index (χ1n) is 9.08. The fraction of sp³-hybridized carbons (Fsp3) is 0.500. The number of piperazine rings is 1. The topological polar surface area (TPSA) is 76.9 Å². The summed E-state index contributed by atoms with van der Waals surface area (Å²) in [6.07, 6.45) is 0.880. The first-order chi connectivity index (χ1) is 12.7. The third-order valence-electron chi connectivity index (χ3n) is 4.31. The third kappa shape index (κ3) is 4.63. The predicted molar refractivity (Wildman–Crippen MR) is 106 cm³/mol. The maximum atomic E-state index is 9.39. The second-order valence-corrected chi connectivity index (χ2v) is 6.89. The zero-order chi connectivity index (χ0) is 18.4. The van der Waals surface area contributed by atoms with Gasteiger partial charge in [-0.25, -0.2) is 9.98 Å². The highest BCUT2D eigenvalue weighted by atomic mass is 32.1. The molecular weight excluding hydrogens is 348 g/mol. The Hall–Kier alpha value is -2.35. The summed E-state index contributed by atoms with van der Waals surface area (Å²) < 4.78 is 4.38. The lowest BCUT2D eigenvalue weighted by molar-refractivity contribution is 0.372. The molecule has 1 aromatic heterocycles. The van der Waals surface area contributed by atoms with E-state index < -0.39 is 0 Å². The van der Waals surface area contributed by atoms with Gasteiger partial charge < -0.3 is 20.2 Å². The largest absolute Gasteiger partial charge is 0.508 e. The molecule has 0 spiro atoms. The van der Waals surface area contributed by atoms with Crippen LogP contribution < -0.4 is 10.2 Å². The second-order valence-electron chi connectivity index (χ2n) is 6.16. The van der Waals surface area contributed by atoms with Crippen molar-refractivity contribution in [2.75, 3.05) is 37.6 Å². The molecule has 2 N–H and O–H groups in total. The number of nitrogens with zero attached hydrogens (tertiary/aromatic N) is 5. The van der Waals surface area contributed by atoms with E-state index in [-0.39, 0.29) is 5.75 Å². The van der Waals surface area contributed by atoms with Crippen LogP contribution in [0.15, 0.2) is 29.3 Å². The molecule has 1 saturated heterocycles. The van der Waals surface area contributed by atoms with Crippen molar-refractivity contribution < 1.29 is 5.11 Å². The number of hydrogen-bond acceptors (Lipinski definition) is 6. The van der Waals surface area contributed by atoms with Gasteiger partial charge in [-0.1, -0.05) is 19.1 Å². The summed E-state index contributed by atoms with van der Waals surface area (Å²) in [5, 5.41) is 13.8. The third-order valence-corrected chi connectivity index (χ3v) is 5.12.